The number of carboxylic acids is 1. The largest absolute Gasteiger partial charge is 0.478 e. The average molecular weight is 455 g/mol. The number of sulfonamides is 1. The van der Waals surface area contributed by atoms with Gasteiger partial charge in [0.05, 0.1) is 22.4 Å². The number of hydrogen-bond donors (Lipinski definition) is 2. The minimum Gasteiger partial charge on any atom is -0.478 e. The lowest BCUT2D eigenvalue weighted by Crippen LogP contribution is -2.40. The molecule has 0 heterocycles. The Balaban J connectivity index is 1.80. The van der Waals surface area contributed by atoms with Crippen molar-refractivity contribution in [3.63, 3.8) is 0 Å². The quantitative estimate of drug-likeness (QED) is 0.400. The highest BCUT2D eigenvalue weighted by Crippen LogP contribution is 2.25. The molecule has 2 N–H and O–H groups in total. The van der Waals surface area contributed by atoms with Crippen LogP contribution in [0.25, 0.3) is 0 Å². The summed E-state index contributed by atoms with van der Waals surface area (Å²) >= 11 is 0. The van der Waals surface area contributed by atoms with E-state index in [1.807, 2.05) is 0 Å². The van der Waals surface area contributed by atoms with Crippen LogP contribution in [0.2, 0.25) is 0 Å². The minimum absolute atomic E-state index is 0.0952. The molecule has 10 heteroatoms. The summed E-state index contributed by atoms with van der Waals surface area (Å²) in [6.07, 6.45) is 1.27. The molecule has 0 aliphatic heterocycles. The first-order chi connectivity index (χ1) is 15.3. The molecule has 0 aromatic heterocycles. The molecule has 3 aromatic carbocycles. The van der Waals surface area contributed by atoms with Gasteiger partial charge in [0.2, 0.25) is 0 Å². The Kier molecular flexibility index (Phi) is 6.96. The first-order valence-corrected chi connectivity index (χ1v) is 10.7. The molecule has 3 aromatic rings. The summed E-state index contributed by atoms with van der Waals surface area (Å²) < 4.78 is 41.3. The fraction of sp³-hybridized carbons (Fsp3) is 0.0455. The van der Waals surface area contributed by atoms with Gasteiger partial charge in [-0.3, -0.25) is 9.10 Å². The summed E-state index contributed by atoms with van der Waals surface area (Å²) in [4.78, 5) is 23.2. The van der Waals surface area contributed by atoms with Crippen LogP contribution in [0.4, 0.5) is 10.1 Å². The summed E-state index contributed by atoms with van der Waals surface area (Å²) in [5.41, 5.74) is 2.53. The van der Waals surface area contributed by atoms with Gasteiger partial charge in [0.15, 0.2) is 0 Å². The fourth-order valence-corrected chi connectivity index (χ4v) is 4.18. The van der Waals surface area contributed by atoms with Gasteiger partial charge in [0.25, 0.3) is 15.9 Å². The van der Waals surface area contributed by atoms with Crippen LogP contribution in [0, 0.1) is 5.82 Å². The molecule has 164 valence electrons. The van der Waals surface area contributed by atoms with Crippen molar-refractivity contribution in [2.75, 3.05) is 10.8 Å². The molecule has 0 fully saturated rings. The molecular weight excluding hydrogens is 437 g/mol. The zero-order chi connectivity index (χ0) is 23.1. The Hall–Kier alpha value is -4.05. The number of nitrogens with one attached hydrogen (secondary N) is 1. The van der Waals surface area contributed by atoms with Gasteiger partial charge in [-0.2, -0.15) is 5.10 Å². The average Bonchev–Trinajstić information content (AvgIpc) is 2.79. The molecule has 0 aliphatic rings. The topological polar surface area (TPSA) is 116 Å². The molecular formula is C22H18FN3O5S. The Morgan fingerprint density at radius 2 is 1.59 bits per heavy atom. The number of aromatic carboxylic acids is 1. The number of hydrogen-bond acceptors (Lipinski definition) is 5. The van der Waals surface area contributed by atoms with E-state index in [2.05, 4.69) is 10.5 Å². The second-order valence-electron chi connectivity index (χ2n) is 6.50. The van der Waals surface area contributed by atoms with Gasteiger partial charge in [-0.15, -0.1) is 0 Å². The first-order valence-electron chi connectivity index (χ1n) is 9.26. The molecule has 3 rings (SSSR count). The highest BCUT2D eigenvalue weighted by atomic mass is 32.2. The van der Waals surface area contributed by atoms with Gasteiger partial charge in [0.1, 0.15) is 12.4 Å². The number of para-hydroxylation sites is 1. The van der Waals surface area contributed by atoms with Crippen molar-refractivity contribution in [1.82, 2.24) is 5.43 Å². The number of hydrazone groups is 1. The van der Waals surface area contributed by atoms with Crippen LogP contribution in [0.1, 0.15) is 15.9 Å². The first kappa shape index (κ1) is 22.6. The van der Waals surface area contributed by atoms with Gasteiger partial charge in [-0.05, 0) is 42.0 Å². The van der Waals surface area contributed by atoms with E-state index in [1.165, 1.54) is 72.9 Å². The predicted molar refractivity (Wildman–Crippen MR) is 117 cm³/mol. The number of nitrogens with zero attached hydrogens (tertiary/aromatic N) is 2. The molecule has 8 nitrogen and oxygen atoms in total. The third kappa shape index (κ3) is 5.35. The van der Waals surface area contributed by atoms with E-state index < -0.39 is 34.3 Å². The van der Waals surface area contributed by atoms with Gasteiger partial charge >= 0.3 is 5.97 Å². The van der Waals surface area contributed by atoms with E-state index in [4.69, 9.17) is 5.11 Å². The van der Waals surface area contributed by atoms with E-state index in [0.29, 0.717) is 9.87 Å². The number of carbonyl (C=O) groups excluding carboxylic acids is 1. The van der Waals surface area contributed by atoms with Crippen molar-refractivity contribution < 1.29 is 27.5 Å². The van der Waals surface area contributed by atoms with Crippen molar-refractivity contribution >= 4 is 33.8 Å². The van der Waals surface area contributed by atoms with Crippen LogP contribution in [-0.2, 0) is 14.8 Å². The van der Waals surface area contributed by atoms with Crippen molar-refractivity contribution in [2.24, 2.45) is 5.10 Å². The summed E-state index contributed by atoms with van der Waals surface area (Å²) in [6.45, 7) is -0.715. The zero-order valence-corrected chi connectivity index (χ0v) is 17.4. The van der Waals surface area contributed by atoms with Gasteiger partial charge < -0.3 is 5.11 Å². The van der Waals surface area contributed by atoms with Crippen LogP contribution >= 0.6 is 0 Å². The number of rotatable bonds is 8. The zero-order valence-electron chi connectivity index (χ0n) is 16.6. The number of halogens is 1. The summed E-state index contributed by atoms with van der Waals surface area (Å²) in [5, 5.41) is 12.7. The maximum absolute atomic E-state index is 14.4. The van der Waals surface area contributed by atoms with Crippen molar-refractivity contribution in [3.05, 3.63) is 95.8 Å². The lowest BCUT2D eigenvalue weighted by Gasteiger charge is -2.24. The van der Waals surface area contributed by atoms with Crippen LogP contribution < -0.4 is 9.73 Å². The van der Waals surface area contributed by atoms with Crippen molar-refractivity contribution in [2.45, 2.75) is 4.90 Å². The maximum Gasteiger partial charge on any atom is 0.335 e. The third-order valence-electron chi connectivity index (χ3n) is 4.30. The predicted octanol–water partition coefficient (Wildman–Crippen LogP) is 2.87. The van der Waals surface area contributed by atoms with Crippen molar-refractivity contribution in [3.8, 4) is 0 Å². The molecule has 0 unspecified atom stereocenters. The maximum atomic E-state index is 14.4. The fourth-order valence-electron chi connectivity index (χ4n) is 2.73. The molecule has 0 saturated carbocycles. The van der Waals surface area contributed by atoms with Crippen LogP contribution in [0.15, 0.2) is 88.9 Å². The van der Waals surface area contributed by atoms with Crippen molar-refractivity contribution in [1.29, 1.82) is 0 Å². The number of carbonyl (C=O) groups is 2. The SMILES string of the molecule is O=C(CN(c1ccccc1F)S(=O)(=O)c1ccccc1)N/N=C\c1ccc(C(=O)O)cc1. The standard InChI is InChI=1S/C22H18FN3O5S/c23-19-8-4-5-9-20(19)26(32(30,31)18-6-2-1-3-7-18)15-21(27)25-24-14-16-10-12-17(13-11-16)22(28)29/h1-14H,15H2,(H,25,27)(H,28,29)/b24-14-. The van der Waals surface area contributed by atoms with Crippen LogP contribution in [0.3, 0.4) is 0 Å². The second-order valence-corrected chi connectivity index (χ2v) is 8.36. The van der Waals surface area contributed by atoms with Gasteiger partial charge in [-0.1, -0.05) is 42.5 Å². The van der Waals surface area contributed by atoms with Crippen LogP contribution in [0.5, 0.6) is 0 Å². The third-order valence-corrected chi connectivity index (χ3v) is 6.07. The van der Waals surface area contributed by atoms with Crippen LogP contribution in [-0.4, -0.2) is 38.2 Å². The second kappa shape index (κ2) is 9.84. The Morgan fingerprint density at radius 3 is 2.22 bits per heavy atom. The monoisotopic (exact) mass is 455 g/mol. The highest BCUT2D eigenvalue weighted by molar-refractivity contribution is 7.92. The number of benzene rings is 3. The lowest BCUT2D eigenvalue weighted by atomic mass is 10.1. The molecule has 0 bridgehead atoms. The van der Waals surface area contributed by atoms with E-state index in [0.717, 1.165) is 6.07 Å². The summed E-state index contributed by atoms with van der Waals surface area (Å²) in [6, 6.07) is 18.3. The van der Waals surface area contributed by atoms with E-state index in [9.17, 15) is 22.4 Å². The molecule has 0 saturated heterocycles. The highest BCUT2D eigenvalue weighted by Gasteiger charge is 2.28. The van der Waals surface area contributed by atoms with Gasteiger partial charge in [0, 0.05) is 0 Å². The normalized spacial score (nSPS) is 11.3. The summed E-state index contributed by atoms with van der Waals surface area (Å²) in [5.74, 6) is -2.68. The van der Waals surface area contributed by atoms with E-state index in [1.54, 1.807) is 6.07 Å². The molecule has 1 amide bonds. The van der Waals surface area contributed by atoms with E-state index in [-0.39, 0.29) is 16.1 Å². The Labute approximate surface area is 183 Å². The summed E-state index contributed by atoms with van der Waals surface area (Å²) in [7, 11) is -4.24. The van der Waals surface area contributed by atoms with Gasteiger partial charge in [-0.25, -0.2) is 23.0 Å². The molecule has 32 heavy (non-hydrogen) atoms. The minimum atomic E-state index is -4.24. The number of anilines is 1. The Morgan fingerprint density at radius 1 is 0.969 bits per heavy atom. The number of amides is 1. The number of carboxylic acid groups (broad SMARTS) is 1. The lowest BCUT2D eigenvalue weighted by molar-refractivity contribution is -0.119. The van der Waals surface area contributed by atoms with E-state index >= 15 is 0 Å². The Bertz CT molecular complexity index is 1250. The smallest absolute Gasteiger partial charge is 0.335 e. The molecule has 0 atom stereocenters. The molecule has 0 aliphatic carbocycles. The molecule has 0 radical (unpaired) electrons. The molecule has 0 spiro atoms.